The maximum absolute atomic E-state index is 13.6. The first-order chi connectivity index (χ1) is 12.1. The van der Waals surface area contributed by atoms with Crippen molar-refractivity contribution < 1.29 is 27.4 Å². The molecular weight excluding hydrogens is 373 g/mol. The number of fused-ring (bicyclic) bond motifs is 1. The Morgan fingerprint density at radius 3 is 2.27 bits per heavy atom. The van der Waals surface area contributed by atoms with E-state index < -0.39 is 18.1 Å². The predicted molar refractivity (Wildman–Crippen MR) is 89.6 cm³/mol. The lowest BCUT2D eigenvalue weighted by Gasteiger charge is -2.29. The summed E-state index contributed by atoms with van der Waals surface area (Å²) in [5, 5.41) is 4.24. The summed E-state index contributed by atoms with van der Waals surface area (Å²) in [6.07, 6.45) is -5.04. The molecule has 0 aliphatic carbocycles. The minimum atomic E-state index is -5.04. The van der Waals surface area contributed by atoms with Crippen LogP contribution in [0.3, 0.4) is 0 Å². The van der Waals surface area contributed by atoms with Gasteiger partial charge >= 0.3 is 18.1 Å². The molecule has 3 rings (SSSR count). The lowest BCUT2D eigenvalue weighted by molar-refractivity contribution is -0.317. The highest BCUT2D eigenvalue weighted by Crippen LogP contribution is 2.46. The van der Waals surface area contributed by atoms with Crippen LogP contribution in [0.2, 0.25) is 5.02 Å². The number of carbonyl (C=O) groups is 1. The summed E-state index contributed by atoms with van der Waals surface area (Å²) in [6.45, 7) is 3.60. The summed E-state index contributed by atoms with van der Waals surface area (Å²) in [5.74, 6) is -3.75. The number of halogens is 4. The number of carbonyl (C=O) groups excluding carboxylic acids is 1. The summed E-state index contributed by atoms with van der Waals surface area (Å²) in [5.41, 5.74) is 2.04. The maximum atomic E-state index is 13.6. The molecule has 2 amide bonds. The molecule has 26 heavy (non-hydrogen) atoms. The van der Waals surface area contributed by atoms with Gasteiger partial charge in [-0.15, -0.1) is 0 Å². The van der Waals surface area contributed by atoms with Crippen molar-refractivity contribution in [1.29, 1.82) is 0 Å². The van der Waals surface area contributed by atoms with Gasteiger partial charge in [0.25, 0.3) is 0 Å². The smallest absolute Gasteiger partial charge is 0.424 e. The van der Waals surface area contributed by atoms with E-state index in [9.17, 15) is 18.0 Å². The fraction of sp³-hybridized carbons (Fsp3) is 0.235. The number of urea groups is 1. The summed E-state index contributed by atoms with van der Waals surface area (Å²) < 4.78 is 50.5. The molecule has 2 aromatic rings. The number of ether oxygens (including phenoxy) is 2. The van der Waals surface area contributed by atoms with Crippen LogP contribution in [0.1, 0.15) is 11.1 Å². The minimum Gasteiger partial charge on any atom is -0.424 e. The Kier molecular flexibility index (Phi) is 4.39. The van der Waals surface area contributed by atoms with Crippen molar-refractivity contribution in [2.45, 2.75) is 25.9 Å². The second kappa shape index (κ2) is 6.28. The van der Waals surface area contributed by atoms with E-state index in [0.29, 0.717) is 5.69 Å². The number of benzene rings is 2. The standard InChI is InChI=1S/C17H14ClF3N2O3/c1-9-5-10(2)7-12(6-9)22-15(24)23-17(16(19,20)21)25-13-4-3-11(18)8-14(13)26-17/h3-8H,1-2H3,(H2,22,23,24)/t17-/m0/s1. The number of aryl methyl sites for hydroxylation is 2. The van der Waals surface area contributed by atoms with Crippen molar-refractivity contribution in [3.8, 4) is 11.5 Å². The molecule has 2 aromatic carbocycles. The van der Waals surface area contributed by atoms with E-state index in [2.05, 4.69) is 5.32 Å². The minimum absolute atomic E-state index is 0.171. The molecule has 0 unspecified atom stereocenters. The Morgan fingerprint density at radius 2 is 1.65 bits per heavy atom. The number of rotatable bonds is 2. The number of hydrogen-bond donors (Lipinski definition) is 2. The molecule has 0 spiro atoms. The Labute approximate surface area is 152 Å². The molecule has 0 saturated carbocycles. The highest BCUT2D eigenvalue weighted by atomic mass is 35.5. The molecule has 9 heteroatoms. The van der Waals surface area contributed by atoms with Gasteiger partial charge in [0.15, 0.2) is 11.5 Å². The predicted octanol–water partition coefficient (Wildman–Crippen LogP) is 4.77. The van der Waals surface area contributed by atoms with Gasteiger partial charge in [-0.2, -0.15) is 13.2 Å². The number of alkyl halides is 3. The lowest BCUT2D eigenvalue weighted by Crippen LogP contribution is -2.65. The number of nitrogens with one attached hydrogen (secondary N) is 2. The molecule has 138 valence electrons. The van der Waals surface area contributed by atoms with Gasteiger partial charge in [-0.05, 0) is 49.2 Å². The monoisotopic (exact) mass is 386 g/mol. The molecule has 0 fully saturated rings. The van der Waals surface area contributed by atoms with Crippen molar-refractivity contribution >= 4 is 23.3 Å². The van der Waals surface area contributed by atoms with Gasteiger partial charge in [0, 0.05) is 16.8 Å². The molecule has 5 nitrogen and oxygen atoms in total. The van der Waals surface area contributed by atoms with Crippen LogP contribution >= 0.6 is 11.6 Å². The summed E-state index contributed by atoms with van der Waals surface area (Å²) in [6, 6.07) is 7.74. The van der Waals surface area contributed by atoms with Crippen molar-refractivity contribution in [3.05, 3.63) is 52.5 Å². The third-order valence-electron chi connectivity index (χ3n) is 3.54. The Morgan fingerprint density at radius 1 is 1.04 bits per heavy atom. The van der Waals surface area contributed by atoms with E-state index in [1.807, 2.05) is 6.07 Å². The Balaban J connectivity index is 1.83. The average molecular weight is 387 g/mol. The molecule has 1 atom stereocenters. The van der Waals surface area contributed by atoms with Gasteiger partial charge < -0.3 is 14.8 Å². The molecular formula is C17H14ClF3N2O3. The lowest BCUT2D eigenvalue weighted by atomic mass is 10.1. The van der Waals surface area contributed by atoms with Crippen LogP contribution in [0.5, 0.6) is 11.5 Å². The van der Waals surface area contributed by atoms with Crippen molar-refractivity contribution in [2.24, 2.45) is 0 Å². The van der Waals surface area contributed by atoms with Gasteiger partial charge in [0.1, 0.15) is 0 Å². The molecule has 1 heterocycles. The van der Waals surface area contributed by atoms with E-state index >= 15 is 0 Å². The second-order valence-corrected chi connectivity index (χ2v) is 6.30. The van der Waals surface area contributed by atoms with E-state index in [-0.39, 0.29) is 16.5 Å². The van der Waals surface area contributed by atoms with E-state index in [1.165, 1.54) is 18.2 Å². The van der Waals surface area contributed by atoms with Gasteiger partial charge in [0.05, 0.1) is 0 Å². The van der Waals surface area contributed by atoms with Crippen LogP contribution in [0.4, 0.5) is 23.7 Å². The number of anilines is 1. The zero-order valence-electron chi connectivity index (χ0n) is 13.7. The zero-order valence-corrected chi connectivity index (χ0v) is 14.5. The van der Waals surface area contributed by atoms with Gasteiger partial charge in [-0.3, -0.25) is 5.32 Å². The quantitative estimate of drug-likeness (QED) is 0.782. The third kappa shape index (κ3) is 3.50. The zero-order chi connectivity index (χ0) is 19.1. The van der Waals surface area contributed by atoms with Crippen LogP contribution in [0.15, 0.2) is 36.4 Å². The van der Waals surface area contributed by atoms with Gasteiger partial charge in [-0.25, -0.2) is 4.79 Å². The number of amides is 2. The molecule has 0 aromatic heterocycles. The third-order valence-corrected chi connectivity index (χ3v) is 3.78. The molecule has 0 radical (unpaired) electrons. The summed E-state index contributed by atoms with van der Waals surface area (Å²) >= 11 is 5.76. The van der Waals surface area contributed by atoms with Crippen LogP contribution in [-0.4, -0.2) is 18.1 Å². The Hall–Kier alpha value is -2.61. The SMILES string of the molecule is Cc1cc(C)cc(NC(=O)N[C@@]2(C(F)(F)F)Oc3ccc(Cl)cc3O2)c1. The number of hydrogen-bond acceptors (Lipinski definition) is 3. The largest absolute Gasteiger partial charge is 0.492 e. The topological polar surface area (TPSA) is 59.6 Å². The van der Waals surface area contributed by atoms with Gasteiger partial charge in [-0.1, -0.05) is 17.7 Å². The van der Waals surface area contributed by atoms with E-state index in [1.54, 1.807) is 31.3 Å². The average Bonchev–Trinajstić information content (AvgIpc) is 2.83. The normalized spacial score (nSPS) is 18.5. The van der Waals surface area contributed by atoms with Crippen LogP contribution < -0.4 is 20.1 Å². The molecule has 1 aliphatic rings. The first-order valence-electron chi connectivity index (χ1n) is 7.50. The second-order valence-electron chi connectivity index (χ2n) is 5.87. The van der Waals surface area contributed by atoms with Crippen molar-refractivity contribution in [2.75, 3.05) is 5.32 Å². The fourth-order valence-corrected chi connectivity index (χ4v) is 2.73. The molecule has 2 N–H and O–H groups in total. The molecule has 0 saturated heterocycles. The molecule has 1 aliphatic heterocycles. The van der Waals surface area contributed by atoms with Crippen molar-refractivity contribution in [1.82, 2.24) is 5.32 Å². The first kappa shape index (κ1) is 18.2. The van der Waals surface area contributed by atoms with Gasteiger partial charge in [0.2, 0.25) is 0 Å². The highest BCUT2D eigenvalue weighted by Gasteiger charge is 2.65. The van der Waals surface area contributed by atoms with Crippen LogP contribution in [0.25, 0.3) is 0 Å². The summed E-state index contributed by atoms with van der Waals surface area (Å²) in [7, 11) is 0. The van der Waals surface area contributed by atoms with E-state index in [4.69, 9.17) is 21.1 Å². The molecule has 0 bridgehead atoms. The van der Waals surface area contributed by atoms with Crippen LogP contribution in [0, 0.1) is 13.8 Å². The fourth-order valence-electron chi connectivity index (χ4n) is 2.57. The maximum Gasteiger partial charge on any atom is 0.492 e. The Bertz CT molecular complexity index is 853. The van der Waals surface area contributed by atoms with Crippen molar-refractivity contribution in [3.63, 3.8) is 0 Å². The first-order valence-corrected chi connectivity index (χ1v) is 7.87. The van der Waals surface area contributed by atoms with Crippen LogP contribution in [-0.2, 0) is 0 Å². The van der Waals surface area contributed by atoms with E-state index in [0.717, 1.165) is 11.1 Å². The summed E-state index contributed by atoms with van der Waals surface area (Å²) in [4.78, 5) is 12.2. The highest BCUT2D eigenvalue weighted by molar-refractivity contribution is 6.30.